The van der Waals surface area contributed by atoms with E-state index in [1.54, 1.807) is 11.8 Å². The maximum absolute atomic E-state index is 13.3. The van der Waals surface area contributed by atoms with Gasteiger partial charge in [0, 0.05) is 25.2 Å². The zero-order valence-corrected chi connectivity index (χ0v) is 19.0. The molecule has 0 aliphatic carbocycles. The molecule has 7 nitrogen and oxygen atoms in total. The number of piperidine rings is 1. The van der Waals surface area contributed by atoms with Crippen LogP contribution in [0.25, 0.3) is 0 Å². The van der Waals surface area contributed by atoms with Gasteiger partial charge >= 0.3 is 0 Å². The van der Waals surface area contributed by atoms with Gasteiger partial charge in [0.2, 0.25) is 0 Å². The molecule has 0 saturated carbocycles. The summed E-state index contributed by atoms with van der Waals surface area (Å²) in [6.45, 7) is 3.67. The molecule has 2 aliphatic rings. The molecule has 4 rings (SSSR count). The number of anilines is 1. The number of benzene rings is 1. The van der Waals surface area contributed by atoms with Crippen molar-refractivity contribution in [2.45, 2.75) is 51.3 Å². The first-order chi connectivity index (χ1) is 15.3. The zero-order chi connectivity index (χ0) is 22.7. The third-order valence-electron chi connectivity index (χ3n) is 6.05. The first-order valence-electron chi connectivity index (χ1n) is 11.1. The SMILES string of the molecule is CC(Oc1ccc(F)cc1)C(=O)N(Cc1ccc(N2CCCCC2)o1)C1CCS(=O)(=O)C1. The Morgan fingerprint density at radius 1 is 1.19 bits per heavy atom. The average Bonchev–Trinajstić information content (AvgIpc) is 3.40. The van der Waals surface area contributed by atoms with Gasteiger partial charge in [-0.15, -0.1) is 0 Å². The van der Waals surface area contributed by atoms with Crippen LogP contribution in [0, 0.1) is 5.82 Å². The molecule has 9 heteroatoms. The van der Waals surface area contributed by atoms with Gasteiger partial charge < -0.3 is 19.0 Å². The van der Waals surface area contributed by atoms with E-state index in [0.29, 0.717) is 17.9 Å². The van der Waals surface area contributed by atoms with Gasteiger partial charge in [-0.05, 0) is 62.9 Å². The Kier molecular flexibility index (Phi) is 6.74. The number of furan rings is 1. The molecule has 2 atom stereocenters. The Hall–Kier alpha value is -2.55. The second-order valence-electron chi connectivity index (χ2n) is 8.52. The summed E-state index contributed by atoms with van der Waals surface area (Å²) in [5.41, 5.74) is 0. The number of carbonyl (C=O) groups is 1. The van der Waals surface area contributed by atoms with E-state index in [1.165, 1.54) is 30.7 Å². The Bertz CT molecular complexity index is 1030. The lowest BCUT2D eigenvalue weighted by Gasteiger charge is -2.30. The van der Waals surface area contributed by atoms with Crippen LogP contribution >= 0.6 is 0 Å². The molecule has 1 aromatic carbocycles. The molecule has 32 heavy (non-hydrogen) atoms. The van der Waals surface area contributed by atoms with Gasteiger partial charge in [0.05, 0.1) is 18.1 Å². The first kappa shape index (κ1) is 22.6. The number of rotatable bonds is 7. The number of ether oxygens (including phenoxy) is 1. The summed E-state index contributed by atoms with van der Waals surface area (Å²) in [5, 5.41) is 0. The van der Waals surface area contributed by atoms with Gasteiger partial charge in [-0.25, -0.2) is 12.8 Å². The lowest BCUT2D eigenvalue weighted by molar-refractivity contribution is -0.140. The fraction of sp³-hybridized carbons (Fsp3) is 0.522. The maximum atomic E-state index is 13.3. The highest BCUT2D eigenvalue weighted by molar-refractivity contribution is 7.91. The molecule has 0 radical (unpaired) electrons. The number of nitrogens with zero attached hydrogens (tertiary/aromatic N) is 2. The Morgan fingerprint density at radius 3 is 2.56 bits per heavy atom. The van der Waals surface area contributed by atoms with Crippen LogP contribution in [0.15, 0.2) is 40.8 Å². The molecule has 2 aliphatic heterocycles. The smallest absolute Gasteiger partial charge is 0.264 e. The molecule has 2 unspecified atom stereocenters. The summed E-state index contributed by atoms with van der Waals surface area (Å²) in [5.74, 6) is 1.03. The lowest BCUT2D eigenvalue weighted by Crippen LogP contribution is -2.46. The van der Waals surface area contributed by atoms with E-state index < -0.39 is 27.8 Å². The lowest BCUT2D eigenvalue weighted by atomic mass is 10.1. The van der Waals surface area contributed by atoms with Crippen molar-refractivity contribution >= 4 is 21.6 Å². The molecule has 2 fully saturated rings. The fourth-order valence-corrected chi connectivity index (χ4v) is 6.04. The highest BCUT2D eigenvalue weighted by atomic mass is 32.2. The van der Waals surface area contributed by atoms with Gasteiger partial charge in [0.25, 0.3) is 5.91 Å². The molecule has 174 valence electrons. The summed E-state index contributed by atoms with van der Waals surface area (Å²) in [7, 11) is -3.18. The van der Waals surface area contributed by atoms with Crippen molar-refractivity contribution in [3.8, 4) is 5.75 Å². The van der Waals surface area contributed by atoms with Crippen molar-refractivity contribution in [1.29, 1.82) is 0 Å². The molecular formula is C23H29FN2O5S. The minimum Gasteiger partial charge on any atom is -0.481 e. The Balaban J connectivity index is 1.50. The highest BCUT2D eigenvalue weighted by Gasteiger charge is 2.37. The Morgan fingerprint density at radius 2 is 1.91 bits per heavy atom. The molecule has 2 aromatic rings. The van der Waals surface area contributed by atoms with Crippen LogP contribution in [-0.2, 0) is 21.2 Å². The third kappa shape index (κ3) is 5.43. The Labute approximate surface area is 188 Å². The van der Waals surface area contributed by atoms with E-state index in [9.17, 15) is 17.6 Å². The topological polar surface area (TPSA) is 80.1 Å². The van der Waals surface area contributed by atoms with Crippen LogP contribution in [-0.4, -0.2) is 56.0 Å². The molecule has 1 amide bonds. The summed E-state index contributed by atoms with van der Waals surface area (Å²) in [6, 6.07) is 8.77. The van der Waals surface area contributed by atoms with Crippen LogP contribution in [0.3, 0.4) is 0 Å². The number of sulfone groups is 1. The quantitative estimate of drug-likeness (QED) is 0.625. The third-order valence-corrected chi connectivity index (χ3v) is 7.80. The minimum absolute atomic E-state index is 0.0613. The van der Waals surface area contributed by atoms with E-state index in [-0.39, 0.29) is 24.0 Å². The number of carbonyl (C=O) groups excluding carboxylic acids is 1. The van der Waals surface area contributed by atoms with E-state index in [1.807, 2.05) is 12.1 Å². The fourth-order valence-electron chi connectivity index (χ4n) is 4.31. The number of halogens is 1. The van der Waals surface area contributed by atoms with Crippen molar-refractivity contribution in [2.75, 3.05) is 29.5 Å². The van der Waals surface area contributed by atoms with Crippen LogP contribution < -0.4 is 9.64 Å². The summed E-state index contributed by atoms with van der Waals surface area (Å²) in [6.07, 6.45) is 2.99. The molecule has 0 spiro atoms. The minimum atomic E-state index is -3.18. The zero-order valence-electron chi connectivity index (χ0n) is 18.2. The van der Waals surface area contributed by atoms with Gasteiger partial charge in [-0.2, -0.15) is 0 Å². The van der Waals surface area contributed by atoms with Crippen LogP contribution in [0.4, 0.5) is 10.3 Å². The van der Waals surface area contributed by atoms with E-state index in [0.717, 1.165) is 31.8 Å². The van der Waals surface area contributed by atoms with Crippen molar-refractivity contribution in [1.82, 2.24) is 4.90 Å². The van der Waals surface area contributed by atoms with Crippen LogP contribution in [0.5, 0.6) is 5.75 Å². The van der Waals surface area contributed by atoms with Crippen molar-refractivity contribution < 1.29 is 26.8 Å². The first-order valence-corrected chi connectivity index (χ1v) is 12.9. The largest absolute Gasteiger partial charge is 0.481 e. The van der Waals surface area contributed by atoms with Crippen molar-refractivity contribution in [3.05, 3.63) is 48.0 Å². The standard InChI is InChI=1S/C23H29FN2O5S/c1-17(30-20-7-5-18(24)6-8-20)23(27)26(19-11-14-32(28,29)16-19)15-21-9-10-22(31-21)25-12-3-2-4-13-25/h5-10,17,19H,2-4,11-16H2,1H3. The van der Waals surface area contributed by atoms with Gasteiger partial charge in [0.1, 0.15) is 17.3 Å². The van der Waals surface area contributed by atoms with E-state index in [2.05, 4.69) is 4.90 Å². The van der Waals surface area contributed by atoms with Gasteiger partial charge in [-0.1, -0.05) is 0 Å². The van der Waals surface area contributed by atoms with Crippen molar-refractivity contribution in [2.24, 2.45) is 0 Å². The normalized spacial score (nSPS) is 21.3. The van der Waals surface area contributed by atoms with Crippen LogP contribution in [0.2, 0.25) is 0 Å². The van der Waals surface area contributed by atoms with E-state index in [4.69, 9.17) is 9.15 Å². The summed E-state index contributed by atoms with van der Waals surface area (Å²) < 4.78 is 49.1. The molecule has 0 bridgehead atoms. The molecule has 0 N–H and O–H groups in total. The second-order valence-corrected chi connectivity index (χ2v) is 10.8. The van der Waals surface area contributed by atoms with Gasteiger partial charge in [-0.3, -0.25) is 4.79 Å². The molecular weight excluding hydrogens is 435 g/mol. The van der Waals surface area contributed by atoms with Crippen LogP contribution in [0.1, 0.15) is 38.4 Å². The number of amides is 1. The summed E-state index contributed by atoms with van der Waals surface area (Å²) in [4.78, 5) is 17.1. The van der Waals surface area contributed by atoms with E-state index >= 15 is 0 Å². The average molecular weight is 465 g/mol. The highest BCUT2D eigenvalue weighted by Crippen LogP contribution is 2.26. The van der Waals surface area contributed by atoms with Gasteiger partial charge in [0.15, 0.2) is 21.8 Å². The predicted octanol–water partition coefficient (Wildman–Crippen LogP) is 3.39. The maximum Gasteiger partial charge on any atom is 0.264 e. The molecule has 2 saturated heterocycles. The predicted molar refractivity (Wildman–Crippen MR) is 119 cm³/mol. The monoisotopic (exact) mass is 464 g/mol. The number of hydrogen-bond acceptors (Lipinski definition) is 6. The number of hydrogen-bond donors (Lipinski definition) is 0. The summed E-state index contributed by atoms with van der Waals surface area (Å²) >= 11 is 0. The molecule has 1 aromatic heterocycles. The second kappa shape index (κ2) is 9.52. The molecule has 3 heterocycles. The van der Waals surface area contributed by atoms with Crippen molar-refractivity contribution in [3.63, 3.8) is 0 Å².